The van der Waals surface area contributed by atoms with Gasteiger partial charge in [0.15, 0.2) is 0 Å². The zero-order valence-electron chi connectivity index (χ0n) is 9.98. The van der Waals surface area contributed by atoms with Gasteiger partial charge in [-0.3, -0.25) is 9.59 Å². The Balaban J connectivity index is 0. The number of hydrogen-bond donors (Lipinski definition) is 1. The molecular formula is C10H17O4Rb. The smallest absolute Gasteiger partial charge is 0.636 e. The Morgan fingerprint density at radius 1 is 1.20 bits per heavy atom. The molecule has 4 nitrogen and oxygen atoms in total. The fourth-order valence-corrected chi connectivity index (χ4v) is 0.607. The molecule has 15 heavy (non-hydrogen) atoms. The summed E-state index contributed by atoms with van der Waals surface area (Å²) < 4.78 is 4.74. The fraction of sp³-hybridized carbons (Fsp3) is 0.700. The Morgan fingerprint density at radius 2 is 1.67 bits per heavy atom. The quantitative estimate of drug-likeness (QED) is 0.504. The number of hydrogen-bond acceptors (Lipinski definition) is 3. The van der Waals surface area contributed by atoms with Gasteiger partial charge in [0.05, 0.1) is 5.92 Å². The van der Waals surface area contributed by atoms with Gasteiger partial charge in [-0.15, -0.1) is 6.61 Å². The van der Waals surface area contributed by atoms with Gasteiger partial charge >= 0.3 is 58.2 Å². The van der Waals surface area contributed by atoms with Crippen LogP contribution in [0.2, 0.25) is 0 Å². The van der Waals surface area contributed by atoms with Crippen molar-refractivity contribution in [3.63, 3.8) is 0 Å². The molecule has 0 aliphatic rings. The van der Waals surface area contributed by atoms with Crippen LogP contribution in [-0.4, -0.2) is 17.0 Å². The molecule has 0 unspecified atom stereocenters. The van der Waals surface area contributed by atoms with Crippen LogP contribution in [0.4, 0.5) is 0 Å². The number of rotatable bonds is 5. The normalized spacial score (nSPS) is 13.9. The van der Waals surface area contributed by atoms with Crippen LogP contribution in [0.3, 0.4) is 0 Å². The second-order valence-electron chi connectivity index (χ2n) is 3.73. The molecule has 0 aromatic heterocycles. The zero-order chi connectivity index (χ0) is 11.3. The van der Waals surface area contributed by atoms with E-state index in [9.17, 15) is 9.59 Å². The fourth-order valence-electron chi connectivity index (χ4n) is 0.607. The molecule has 0 fully saturated rings. The van der Waals surface area contributed by atoms with E-state index in [0.717, 1.165) is 6.61 Å². The minimum atomic E-state index is -1.00. The largest absolute Gasteiger partial charge is 1.00 e. The molecule has 0 saturated heterocycles. The van der Waals surface area contributed by atoms with Gasteiger partial charge in [-0.1, -0.05) is 27.7 Å². The minimum absolute atomic E-state index is 0. The van der Waals surface area contributed by atoms with Gasteiger partial charge in [-0.25, -0.2) is 0 Å². The summed E-state index contributed by atoms with van der Waals surface area (Å²) in [5.41, 5.74) is 0. The van der Waals surface area contributed by atoms with E-state index in [1.807, 2.05) is 13.8 Å². The van der Waals surface area contributed by atoms with Crippen molar-refractivity contribution in [2.75, 3.05) is 0 Å². The van der Waals surface area contributed by atoms with E-state index in [4.69, 9.17) is 9.84 Å². The first-order chi connectivity index (χ1) is 6.36. The van der Waals surface area contributed by atoms with Gasteiger partial charge in [0, 0.05) is 0 Å². The van der Waals surface area contributed by atoms with Crippen LogP contribution in [-0.2, 0) is 14.3 Å². The van der Waals surface area contributed by atoms with E-state index in [1.54, 1.807) is 6.92 Å². The number of carbonyl (C=O) groups excluding carboxylic acids is 1. The molecule has 0 aromatic rings. The van der Waals surface area contributed by atoms with Crippen molar-refractivity contribution in [3.8, 4) is 0 Å². The molecule has 0 radical (unpaired) electrons. The van der Waals surface area contributed by atoms with E-state index in [0.29, 0.717) is 0 Å². The maximum absolute atomic E-state index is 11.3. The van der Waals surface area contributed by atoms with E-state index in [-0.39, 0.29) is 76.0 Å². The second-order valence-corrected chi connectivity index (χ2v) is 3.73. The van der Waals surface area contributed by atoms with Gasteiger partial charge in [0.25, 0.3) is 11.9 Å². The van der Waals surface area contributed by atoms with E-state index in [1.165, 1.54) is 6.92 Å². The van der Waals surface area contributed by atoms with Crippen molar-refractivity contribution < 1.29 is 77.6 Å². The van der Waals surface area contributed by atoms with E-state index in [2.05, 4.69) is 0 Å². The third-order valence-corrected chi connectivity index (χ3v) is 2.15. The molecule has 0 aliphatic carbocycles. The number of ether oxygens (including phenoxy) is 1. The zero-order valence-corrected chi connectivity index (χ0v) is 14.9. The molecule has 0 amide bonds. The average molecular weight is 287 g/mol. The standard InChI is InChI=1S/C10H17O4.Rb/c1-6(2)8(4)10(13)14-5-7(3)9(11)12;/h5-8H,1-4H3,(H,11,12);/q-1;+1/t7-,8-;/m0./s1. The second kappa shape index (κ2) is 8.85. The number of carbonyl (C=O) groups is 2. The van der Waals surface area contributed by atoms with E-state index < -0.39 is 11.9 Å². The third-order valence-electron chi connectivity index (χ3n) is 2.15. The van der Waals surface area contributed by atoms with Crippen molar-refractivity contribution in [2.45, 2.75) is 27.7 Å². The summed E-state index contributed by atoms with van der Waals surface area (Å²) in [5.74, 6) is -2.18. The number of esters is 1. The first-order valence-electron chi connectivity index (χ1n) is 4.63. The SMILES string of the molecule is CC(C)[C@H](C)C(=O)O[CH-][C@H](C)C(=O)O.[Rb+]. The predicted molar refractivity (Wildman–Crippen MR) is 51.2 cm³/mol. The Morgan fingerprint density at radius 3 is 2.00 bits per heavy atom. The summed E-state index contributed by atoms with van der Waals surface area (Å²) in [7, 11) is 0. The van der Waals surface area contributed by atoms with Gasteiger partial charge in [-0.2, -0.15) is 0 Å². The predicted octanol–water partition coefficient (Wildman–Crippen LogP) is -1.29. The topological polar surface area (TPSA) is 63.6 Å². The van der Waals surface area contributed by atoms with Crippen LogP contribution in [0.25, 0.3) is 0 Å². The van der Waals surface area contributed by atoms with Crippen LogP contribution in [0.15, 0.2) is 0 Å². The molecule has 2 atom stereocenters. The number of carboxylic acids is 1. The molecule has 82 valence electrons. The molecule has 0 aliphatic heterocycles. The van der Waals surface area contributed by atoms with Gasteiger partial charge < -0.3 is 9.84 Å². The van der Waals surface area contributed by atoms with Crippen LogP contribution in [0.5, 0.6) is 0 Å². The van der Waals surface area contributed by atoms with Gasteiger partial charge in [0.1, 0.15) is 0 Å². The molecule has 0 bridgehead atoms. The Kier molecular flexibility index (Phi) is 10.7. The van der Waals surface area contributed by atoms with Gasteiger partial charge in [0.2, 0.25) is 0 Å². The summed E-state index contributed by atoms with van der Waals surface area (Å²) in [5, 5.41) is 8.52. The average Bonchev–Trinajstić information content (AvgIpc) is 2.11. The molecule has 0 heterocycles. The summed E-state index contributed by atoms with van der Waals surface area (Å²) in [6, 6.07) is 0. The molecular weight excluding hydrogens is 270 g/mol. The van der Waals surface area contributed by atoms with Crippen molar-refractivity contribution in [2.24, 2.45) is 17.8 Å². The monoisotopic (exact) mass is 286 g/mol. The number of carboxylic acid groups (broad SMARTS) is 1. The molecule has 0 saturated carbocycles. The Labute approximate surface area is 140 Å². The van der Waals surface area contributed by atoms with Crippen LogP contribution < -0.4 is 58.2 Å². The van der Waals surface area contributed by atoms with Crippen molar-refractivity contribution in [1.29, 1.82) is 0 Å². The molecule has 1 N–H and O–H groups in total. The summed E-state index contributed by atoms with van der Waals surface area (Å²) >= 11 is 0. The number of aliphatic carboxylic acids is 1. The third kappa shape index (κ3) is 7.61. The molecule has 5 heteroatoms. The molecule has 0 rings (SSSR count). The van der Waals surface area contributed by atoms with Crippen molar-refractivity contribution >= 4 is 11.9 Å². The van der Waals surface area contributed by atoms with Crippen LogP contribution in [0.1, 0.15) is 27.7 Å². The summed E-state index contributed by atoms with van der Waals surface area (Å²) in [6.45, 7) is 8.09. The van der Waals surface area contributed by atoms with Gasteiger partial charge in [-0.05, 0) is 11.8 Å². The maximum Gasteiger partial charge on any atom is 1.00 e. The summed E-state index contributed by atoms with van der Waals surface area (Å²) in [4.78, 5) is 21.7. The molecule has 0 spiro atoms. The Bertz CT molecular complexity index is 215. The first-order valence-corrected chi connectivity index (χ1v) is 4.63. The van der Waals surface area contributed by atoms with Crippen LogP contribution >= 0.6 is 0 Å². The van der Waals surface area contributed by atoms with Crippen LogP contribution in [0, 0.1) is 24.4 Å². The Hall–Kier alpha value is 0.745. The van der Waals surface area contributed by atoms with E-state index >= 15 is 0 Å². The maximum atomic E-state index is 11.3. The summed E-state index contributed by atoms with van der Waals surface area (Å²) in [6.07, 6.45) is 0. The van der Waals surface area contributed by atoms with Crippen molar-refractivity contribution in [1.82, 2.24) is 0 Å². The molecule has 0 aromatic carbocycles. The minimum Gasteiger partial charge on any atom is -0.636 e. The van der Waals surface area contributed by atoms with Crippen molar-refractivity contribution in [3.05, 3.63) is 6.61 Å². The first kappa shape index (κ1) is 18.1.